The standard InChI is InChI=1S/C17H12O2/c18-17(14-8-2-1-3-9-14)19-16-12-6-10-13-7-4-5-11-15(13)16/h1-12H. The molecule has 0 amide bonds. The molecule has 0 N–H and O–H groups in total. The Morgan fingerprint density at radius 3 is 2.26 bits per heavy atom. The molecule has 0 spiro atoms. The first-order valence-corrected chi connectivity index (χ1v) is 6.09. The first-order valence-electron chi connectivity index (χ1n) is 6.09. The first kappa shape index (κ1) is 11.5. The highest BCUT2D eigenvalue weighted by atomic mass is 16.5. The van der Waals surface area contributed by atoms with Crippen LogP contribution >= 0.6 is 0 Å². The number of rotatable bonds is 2. The fraction of sp³-hybridized carbons (Fsp3) is 0. The van der Waals surface area contributed by atoms with Gasteiger partial charge in [-0.25, -0.2) is 4.79 Å². The maximum Gasteiger partial charge on any atom is 0.343 e. The molecule has 0 unspecified atom stereocenters. The SMILES string of the molecule is O=C(Oc1cccc2ccccc12)c1ccccc1. The molecule has 0 aromatic heterocycles. The predicted molar refractivity (Wildman–Crippen MR) is 75.3 cm³/mol. The molecule has 19 heavy (non-hydrogen) atoms. The van der Waals surface area contributed by atoms with Gasteiger partial charge in [0.1, 0.15) is 5.75 Å². The third kappa shape index (κ3) is 2.33. The number of hydrogen-bond acceptors (Lipinski definition) is 2. The van der Waals surface area contributed by atoms with Crippen molar-refractivity contribution in [2.45, 2.75) is 0 Å². The minimum Gasteiger partial charge on any atom is -0.422 e. The molecular weight excluding hydrogens is 236 g/mol. The van der Waals surface area contributed by atoms with Crippen molar-refractivity contribution >= 4 is 16.7 Å². The summed E-state index contributed by atoms with van der Waals surface area (Å²) in [4.78, 5) is 12.0. The van der Waals surface area contributed by atoms with Crippen LogP contribution in [0.25, 0.3) is 10.8 Å². The van der Waals surface area contributed by atoms with E-state index < -0.39 is 0 Å². The van der Waals surface area contributed by atoms with Gasteiger partial charge in [0.25, 0.3) is 0 Å². The molecule has 0 bridgehead atoms. The van der Waals surface area contributed by atoms with E-state index in [1.165, 1.54) is 0 Å². The van der Waals surface area contributed by atoms with Gasteiger partial charge in [0, 0.05) is 5.39 Å². The highest BCUT2D eigenvalue weighted by Gasteiger charge is 2.09. The van der Waals surface area contributed by atoms with Crippen molar-refractivity contribution in [3.63, 3.8) is 0 Å². The summed E-state index contributed by atoms with van der Waals surface area (Å²) in [6, 6.07) is 22.5. The van der Waals surface area contributed by atoms with E-state index in [0.717, 1.165) is 10.8 Å². The number of fused-ring (bicyclic) bond motifs is 1. The van der Waals surface area contributed by atoms with Gasteiger partial charge < -0.3 is 4.74 Å². The number of carbonyl (C=O) groups is 1. The van der Waals surface area contributed by atoms with Crippen LogP contribution < -0.4 is 4.74 Å². The smallest absolute Gasteiger partial charge is 0.343 e. The van der Waals surface area contributed by atoms with Crippen molar-refractivity contribution in [1.82, 2.24) is 0 Å². The van der Waals surface area contributed by atoms with Crippen molar-refractivity contribution < 1.29 is 9.53 Å². The quantitative estimate of drug-likeness (QED) is 0.505. The van der Waals surface area contributed by atoms with Gasteiger partial charge in [0.2, 0.25) is 0 Å². The van der Waals surface area contributed by atoms with E-state index >= 15 is 0 Å². The van der Waals surface area contributed by atoms with Crippen molar-refractivity contribution in [3.05, 3.63) is 78.4 Å². The van der Waals surface area contributed by atoms with Gasteiger partial charge in [-0.2, -0.15) is 0 Å². The summed E-state index contributed by atoms with van der Waals surface area (Å²) >= 11 is 0. The third-order valence-electron chi connectivity index (χ3n) is 2.96. The van der Waals surface area contributed by atoms with Crippen LogP contribution in [0.15, 0.2) is 72.8 Å². The van der Waals surface area contributed by atoms with Crippen LogP contribution in [0.3, 0.4) is 0 Å². The summed E-state index contributed by atoms with van der Waals surface area (Å²) in [5.74, 6) is 0.254. The molecule has 3 aromatic carbocycles. The number of esters is 1. The lowest BCUT2D eigenvalue weighted by Gasteiger charge is -2.07. The molecule has 0 aliphatic carbocycles. The molecule has 3 rings (SSSR count). The van der Waals surface area contributed by atoms with Gasteiger partial charge in [-0.1, -0.05) is 54.6 Å². The number of carbonyl (C=O) groups excluding carboxylic acids is 1. The molecule has 0 saturated carbocycles. The lowest BCUT2D eigenvalue weighted by atomic mass is 10.1. The molecule has 92 valence electrons. The van der Waals surface area contributed by atoms with Gasteiger partial charge >= 0.3 is 5.97 Å². The summed E-state index contributed by atoms with van der Waals surface area (Å²) in [6.07, 6.45) is 0. The second kappa shape index (κ2) is 4.94. The molecule has 0 fully saturated rings. The second-order valence-corrected chi connectivity index (χ2v) is 4.23. The van der Waals surface area contributed by atoms with E-state index in [9.17, 15) is 4.79 Å². The Balaban J connectivity index is 1.96. The second-order valence-electron chi connectivity index (χ2n) is 4.23. The van der Waals surface area contributed by atoms with Crippen LogP contribution in [-0.2, 0) is 0 Å². The Morgan fingerprint density at radius 1 is 0.737 bits per heavy atom. The van der Waals surface area contributed by atoms with E-state index in [-0.39, 0.29) is 5.97 Å². The summed E-state index contributed by atoms with van der Waals surface area (Å²) in [6.45, 7) is 0. The maximum atomic E-state index is 12.0. The van der Waals surface area contributed by atoms with E-state index in [0.29, 0.717) is 11.3 Å². The van der Waals surface area contributed by atoms with Gasteiger partial charge in [0.15, 0.2) is 0 Å². The van der Waals surface area contributed by atoms with Crippen molar-refractivity contribution in [3.8, 4) is 5.75 Å². The third-order valence-corrected chi connectivity index (χ3v) is 2.96. The van der Waals surface area contributed by atoms with Gasteiger partial charge in [0.05, 0.1) is 5.56 Å². The largest absolute Gasteiger partial charge is 0.422 e. The van der Waals surface area contributed by atoms with Crippen LogP contribution in [0.5, 0.6) is 5.75 Å². The minimum absolute atomic E-state index is 0.336. The first-order chi connectivity index (χ1) is 9.34. The Kier molecular flexibility index (Phi) is 2.99. The van der Waals surface area contributed by atoms with Crippen LogP contribution in [0.1, 0.15) is 10.4 Å². The molecule has 2 heteroatoms. The van der Waals surface area contributed by atoms with Crippen molar-refractivity contribution in [2.24, 2.45) is 0 Å². The van der Waals surface area contributed by atoms with Crippen LogP contribution in [-0.4, -0.2) is 5.97 Å². The fourth-order valence-electron chi connectivity index (χ4n) is 2.02. The highest BCUT2D eigenvalue weighted by molar-refractivity contribution is 5.95. The molecule has 0 aliphatic rings. The summed E-state index contributed by atoms with van der Waals surface area (Å²) in [5, 5.41) is 2.00. The normalized spacial score (nSPS) is 10.3. The Hall–Kier alpha value is -2.61. The average Bonchev–Trinajstić information content (AvgIpc) is 2.48. The van der Waals surface area contributed by atoms with Crippen LogP contribution in [0.4, 0.5) is 0 Å². The van der Waals surface area contributed by atoms with Crippen LogP contribution in [0.2, 0.25) is 0 Å². The molecule has 3 aromatic rings. The molecule has 0 radical (unpaired) electrons. The number of ether oxygens (including phenoxy) is 1. The van der Waals surface area contributed by atoms with E-state index in [1.54, 1.807) is 12.1 Å². The highest BCUT2D eigenvalue weighted by Crippen LogP contribution is 2.25. The number of hydrogen-bond donors (Lipinski definition) is 0. The molecule has 0 atom stereocenters. The Labute approximate surface area is 111 Å². The van der Waals surface area contributed by atoms with E-state index in [2.05, 4.69) is 0 Å². The summed E-state index contributed by atoms with van der Waals surface area (Å²) < 4.78 is 5.47. The molecule has 0 aliphatic heterocycles. The molecule has 0 saturated heterocycles. The summed E-state index contributed by atoms with van der Waals surface area (Å²) in [5.41, 5.74) is 0.551. The Bertz CT molecular complexity index is 712. The monoisotopic (exact) mass is 248 g/mol. The molecule has 2 nitrogen and oxygen atoms in total. The zero-order chi connectivity index (χ0) is 13.1. The minimum atomic E-state index is -0.336. The van der Waals surface area contributed by atoms with E-state index in [1.807, 2.05) is 60.7 Å². The van der Waals surface area contributed by atoms with Gasteiger partial charge in [-0.05, 0) is 23.6 Å². The van der Waals surface area contributed by atoms with Crippen molar-refractivity contribution in [2.75, 3.05) is 0 Å². The molecule has 0 heterocycles. The zero-order valence-corrected chi connectivity index (χ0v) is 10.2. The van der Waals surface area contributed by atoms with Gasteiger partial charge in [-0.3, -0.25) is 0 Å². The van der Waals surface area contributed by atoms with Crippen LogP contribution in [0, 0.1) is 0 Å². The summed E-state index contributed by atoms with van der Waals surface area (Å²) in [7, 11) is 0. The fourth-order valence-corrected chi connectivity index (χ4v) is 2.02. The predicted octanol–water partition coefficient (Wildman–Crippen LogP) is 4.06. The average molecular weight is 248 g/mol. The van der Waals surface area contributed by atoms with Crippen molar-refractivity contribution in [1.29, 1.82) is 0 Å². The van der Waals surface area contributed by atoms with E-state index in [4.69, 9.17) is 4.74 Å². The number of benzene rings is 3. The topological polar surface area (TPSA) is 26.3 Å². The zero-order valence-electron chi connectivity index (χ0n) is 10.2. The lowest BCUT2D eigenvalue weighted by molar-refractivity contribution is 0.0737. The van der Waals surface area contributed by atoms with Gasteiger partial charge in [-0.15, -0.1) is 0 Å². The lowest BCUT2D eigenvalue weighted by Crippen LogP contribution is -2.08. The molecular formula is C17H12O2. The Morgan fingerprint density at radius 2 is 1.42 bits per heavy atom. The maximum absolute atomic E-state index is 12.0.